The lowest BCUT2D eigenvalue weighted by molar-refractivity contribution is -0.137. The van der Waals surface area contributed by atoms with E-state index in [4.69, 9.17) is 0 Å². The lowest BCUT2D eigenvalue weighted by atomic mass is 9.97. The zero-order valence-electron chi connectivity index (χ0n) is 21.1. The number of hydrogen-bond acceptors (Lipinski definition) is 5. The van der Waals surface area contributed by atoms with Gasteiger partial charge in [0.05, 0.1) is 11.6 Å². The summed E-state index contributed by atoms with van der Waals surface area (Å²) in [6.45, 7) is 5.59. The number of halogens is 1. The van der Waals surface area contributed by atoms with Crippen LogP contribution in [0.25, 0.3) is 0 Å². The van der Waals surface area contributed by atoms with Crippen molar-refractivity contribution in [1.82, 2.24) is 9.21 Å². The van der Waals surface area contributed by atoms with Crippen LogP contribution in [-0.4, -0.2) is 75.3 Å². The first-order valence-corrected chi connectivity index (χ1v) is 15.2. The van der Waals surface area contributed by atoms with Crippen molar-refractivity contribution in [3.05, 3.63) is 52.5 Å². The standard InChI is InChI=1S/C27H33BrN4O4S/c1-2-25(33)32-12-10-20-17-22(28)18-24(26(20)32)37(35,36)31-11-6-7-21(19-31)27(34)30-15-13-29(14-16-30)23-8-4-3-5-9-23/h3-5,8-9,17-18,21H,2,6-7,10-16,19H2,1H3/t21-/m1/s1. The Morgan fingerprint density at radius 2 is 1.73 bits per heavy atom. The average molecular weight is 590 g/mol. The van der Waals surface area contributed by atoms with E-state index in [1.54, 1.807) is 17.9 Å². The van der Waals surface area contributed by atoms with E-state index in [1.165, 1.54) is 4.31 Å². The molecule has 2 saturated heterocycles. The molecule has 3 heterocycles. The number of carbonyl (C=O) groups excluding carboxylic acids is 2. The second-order valence-corrected chi connectivity index (χ2v) is 12.7. The third kappa shape index (κ3) is 5.15. The van der Waals surface area contributed by atoms with Crippen LogP contribution in [0.15, 0.2) is 51.8 Å². The highest BCUT2D eigenvalue weighted by atomic mass is 79.9. The molecular formula is C27H33BrN4O4S. The van der Waals surface area contributed by atoms with Gasteiger partial charge >= 0.3 is 0 Å². The molecule has 37 heavy (non-hydrogen) atoms. The number of piperazine rings is 1. The summed E-state index contributed by atoms with van der Waals surface area (Å²) in [4.78, 5) is 32.0. The molecular weight excluding hydrogens is 556 g/mol. The van der Waals surface area contributed by atoms with Crippen molar-refractivity contribution in [2.45, 2.75) is 37.5 Å². The first-order valence-electron chi connectivity index (χ1n) is 13.0. The number of carbonyl (C=O) groups is 2. The van der Waals surface area contributed by atoms with Gasteiger partial charge in [0.1, 0.15) is 4.90 Å². The van der Waals surface area contributed by atoms with Gasteiger partial charge in [0, 0.05) is 62.4 Å². The number of rotatable bonds is 5. The van der Waals surface area contributed by atoms with Crippen LogP contribution >= 0.6 is 15.9 Å². The SMILES string of the molecule is CCC(=O)N1CCc2cc(Br)cc(S(=O)(=O)N3CCC[C@@H](C(=O)N4CCN(c5ccccc5)CC4)C3)c21. The zero-order valence-corrected chi connectivity index (χ0v) is 23.5. The van der Waals surface area contributed by atoms with E-state index < -0.39 is 10.0 Å². The molecule has 198 valence electrons. The molecule has 2 fully saturated rings. The van der Waals surface area contributed by atoms with Gasteiger partial charge in [-0.15, -0.1) is 0 Å². The number of sulfonamides is 1. The topological polar surface area (TPSA) is 81.2 Å². The molecule has 3 aliphatic heterocycles. The van der Waals surface area contributed by atoms with E-state index in [0.29, 0.717) is 62.0 Å². The maximum atomic E-state index is 13.9. The van der Waals surface area contributed by atoms with Crippen LogP contribution in [-0.2, 0) is 26.0 Å². The quantitative estimate of drug-likeness (QED) is 0.534. The van der Waals surface area contributed by atoms with E-state index in [9.17, 15) is 18.0 Å². The monoisotopic (exact) mass is 588 g/mol. The Kier molecular flexibility index (Phi) is 7.60. The van der Waals surface area contributed by atoms with Gasteiger partial charge in [0.15, 0.2) is 0 Å². The van der Waals surface area contributed by atoms with Crippen LogP contribution < -0.4 is 9.80 Å². The lowest BCUT2D eigenvalue weighted by Crippen LogP contribution is -2.53. The molecule has 10 heteroatoms. The van der Waals surface area contributed by atoms with Gasteiger partial charge in [-0.25, -0.2) is 8.42 Å². The van der Waals surface area contributed by atoms with Crippen LogP contribution in [0.1, 0.15) is 31.7 Å². The molecule has 0 aliphatic carbocycles. The van der Waals surface area contributed by atoms with Gasteiger partial charge in [-0.05, 0) is 49.1 Å². The minimum Gasteiger partial charge on any atom is -0.368 e. The summed E-state index contributed by atoms with van der Waals surface area (Å²) >= 11 is 3.46. The van der Waals surface area contributed by atoms with Gasteiger partial charge in [0.25, 0.3) is 0 Å². The number of anilines is 2. The Bertz CT molecular complexity index is 1280. The second-order valence-electron chi connectivity index (χ2n) is 9.91. The highest BCUT2D eigenvalue weighted by Crippen LogP contribution is 2.40. The average Bonchev–Trinajstić information content (AvgIpc) is 3.36. The minimum absolute atomic E-state index is 0.0369. The third-order valence-corrected chi connectivity index (χ3v) is 10.00. The van der Waals surface area contributed by atoms with Gasteiger partial charge in [0.2, 0.25) is 21.8 Å². The Balaban J connectivity index is 1.32. The number of amides is 2. The molecule has 2 aromatic carbocycles. The highest BCUT2D eigenvalue weighted by Gasteiger charge is 2.39. The van der Waals surface area contributed by atoms with Gasteiger partial charge in [-0.3, -0.25) is 9.59 Å². The molecule has 0 spiro atoms. The molecule has 2 aromatic rings. The first-order chi connectivity index (χ1) is 17.8. The molecule has 0 radical (unpaired) electrons. The van der Waals surface area contributed by atoms with Crippen LogP contribution in [0.2, 0.25) is 0 Å². The molecule has 3 aliphatic rings. The Morgan fingerprint density at radius 1 is 1.00 bits per heavy atom. The van der Waals surface area contributed by atoms with Crippen molar-refractivity contribution in [3.8, 4) is 0 Å². The summed E-state index contributed by atoms with van der Waals surface area (Å²) in [5, 5.41) is 0. The number of piperidine rings is 1. The Hall–Kier alpha value is -2.43. The maximum Gasteiger partial charge on any atom is 0.245 e. The zero-order chi connectivity index (χ0) is 26.2. The number of nitrogens with zero attached hydrogens (tertiary/aromatic N) is 4. The molecule has 5 rings (SSSR count). The van der Waals surface area contributed by atoms with Crippen LogP contribution in [0, 0.1) is 5.92 Å². The van der Waals surface area contributed by atoms with Crippen molar-refractivity contribution in [1.29, 1.82) is 0 Å². The fourth-order valence-electron chi connectivity index (χ4n) is 5.69. The number of fused-ring (bicyclic) bond motifs is 1. The normalized spacial score (nSPS) is 20.7. The summed E-state index contributed by atoms with van der Waals surface area (Å²) in [5.41, 5.74) is 2.51. The van der Waals surface area contributed by atoms with E-state index in [-0.39, 0.29) is 29.2 Å². The third-order valence-electron chi connectivity index (χ3n) is 7.66. The number of hydrogen-bond donors (Lipinski definition) is 0. The second kappa shape index (κ2) is 10.7. The Labute approximate surface area is 227 Å². The maximum absolute atomic E-state index is 13.9. The fourth-order valence-corrected chi connectivity index (χ4v) is 8.13. The molecule has 0 saturated carbocycles. The minimum atomic E-state index is -3.90. The van der Waals surface area contributed by atoms with Crippen molar-refractivity contribution in [3.63, 3.8) is 0 Å². The molecule has 2 amide bonds. The van der Waals surface area contributed by atoms with Gasteiger partial charge in [-0.1, -0.05) is 41.1 Å². The molecule has 0 bridgehead atoms. The van der Waals surface area contributed by atoms with Crippen LogP contribution in [0.3, 0.4) is 0 Å². The fraction of sp³-hybridized carbons (Fsp3) is 0.481. The van der Waals surface area contributed by atoms with Crippen LogP contribution in [0.5, 0.6) is 0 Å². The molecule has 0 N–H and O–H groups in total. The predicted octanol–water partition coefficient (Wildman–Crippen LogP) is 3.50. The van der Waals surface area contributed by atoms with Crippen molar-refractivity contribution < 1.29 is 18.0 Å². The summed E-state index contributed by atoms with van der Waals surface area (Å²) in [6, 6.07) is 13.7. The van der Waals surface area contributed by atoms with Gasteiger partial charge < -0.3 is 14.7 Å². The van der Waals surface area contributed by atoms with Crippen molar-refractivity contribution in [2.24, 2.45) is 5.92 Å². The number of para-hydroxylation sites is 1. The number of benzene rings is 2. The van der Waals surface area contributed by atoms with E-state index in [2.05, 4.69) is 33.0 Å². The summed E-state index contributed by atoms with van der Waals surface area (Å²) in [6.07, 6.45) is 2.25. The summed E-state index contributed by atoms with van der Waals surface area (Å²) in [5.74, 6) is -0.408. The van der Waals surface area contributed by atoms with Gasteiger partial charge in [-0.2, -0.15) is 4.31 Å². The van der Waals surface area contributed by atoms with Crippen LogP contribution in [0.4, 0.5) is 11.4 Å². The lowest BCUT2D eigenvalue weighted by Gasteiger charge is -2.39. The van der Waals surface area contributed by atoms with Crippen molar-refractivity contribution in [2.75, 3.05) is 55.6 Å². The molecule has 8 nitrogen and oxygen atoms in total. The largest absolute Gasteiger partial charge is 0.368 e. The highest BCUT2D eigenvalue weighted by molar-refractivity contribution is 9.10. The van der Waals surface area contributed by atoms with E-state index in [0.717, 1.165) is 24.3 Å². The predicted molar refractivity (Wildman–Crippen MR) is 147 cm³/mol. The molecule has 0 unspecified atom stereocenters. The molecule has 1 atom stereocenters. The van der Waals surface area contributed by atoms with E-state index >= 15 is 0 Å². The van der Waals surface area contributed by atoms with E-state index in [1.807, 2.05) is 29.2 Å². The Morgan fingerprint density at radius 3 is 2.43 bits per heavy atom. The summed E-state index contributed by atoms with van der Waals surface area (Å²) < 4.78 is 30.0. The first kappa shape index (κ1) is 26.2. The van der Waals surface area contributed by atoms with Crippen molar-refractivity contribution >= 4 is 49.1 Å². The molecule has 0 aromatic heterocycles. The summed E-state index contributed by atoms with van der Waals surface area (Å²) in [7, 11) is -3.90. The smallest absolute Gasteiger partial charge is 0.245 e.